The lowest BCUT2D eigenvalue weighted by Crippen LogP contribution is -2.41. The van der Waals surface area contributed by atoms with Crippen LogP contribution in [0, 0.1) is 0 Å². The van der Waals surface area contributed by atoms with E-state index < -0.39 is 41.9 Å². The number of carbonyl (C=O) groups is 4. The van der Waals surface area contributed by atoms with Crippen LogP contribution < -0.4 is 10.6 Å². The highest BCUT2D eigenvalue weighted by Gasteiger charge is 2.23. The van der Waals surface area contributed by atoms with Gasteiger partial charge in [0.2, 0.25) is 11.8 Å². The van der Waals surface area contributed by atoms with Gasteiger partial charge in [0.05, 0.1) is 18.9 Å². The highest BCUT2D eigenvalue weighted by atomic mass is 16.4. The van der Waals surface area contributed by atoms with Gasteiger partial charge in [-0.2, -0.15) is 0 Å². The Hall–Kier alpha value is -2.16. The monoisotopic (exact) mass is 318 g/mol. The van der Waals surface area contributed by atoms with Crippen molar-refractivity contribution in [1.29, 1.82) is 0 Å². The van der Waals surface area contributed by atoms with Crippen LogP contribution in [0.3, 0.4) is 0 Å². The number of carboxylic acid groups (broad SMARTS) is 2. The van der Waals surface area contributed by atoms with Crippen LogP contribution in [0.1, 0.15) is 39.5 Å². The van der Waals surface area contributed by atoms with Gasteiger partial charge in [0.25, 0.3) is 0 Å². The molecule has 0 aliphatic heterocycles. The maximum Gasteiger partial charge on any atom is 0.305 e. The Morgan fingerprint density at radius 3 is 1.36 bits per heavy atom. The quantitative estimate of drug-likeness (QED) is 0.349. The van der Waals surface area contributed by atoms with E-state index in [0.717, 1.165) is 0 Å². The minimum atomic E-state index is -1.13. The summed E-state index contributed by atoms with van der Waals surface area (Å²) in [5.41, 5.74) is 0. The first-order valence-electron chi connectivity index (χ1n) is 6.76. The molecule has 9 heteroatoms. The number of carboxylic acids is 2. The van der Waals surface area contributed by atoms with Crippen molar-refractivity contribution in [2.45, 2.75) is 57.7 Å². The van der Waals surface area contributed by atoms with Gasteiger partial charge < -0.3 is 26.0 Å². The smallest absolute Gasteiger partial charge is 0.305 e. The lowest BCUT2D eigenvalue weighted by Gasteiger charge is -2.23. The second-order valence-corrected chi connectivity index (χ2v) is 5.12. The van der Waals surface area contributed by atoms with Crippen molar-refractivity contribution >= 4 is 23.8 Å². The first kappa shape index (κ1) is 19.8. The number of aliphatic carboxylic acids is 2. The molecule has 0 aliphatic carbocycles. The fraction of sp³-hybridized carbons (Fsp3) is 0.692. The third-order valence-electron chi connectivity index (χ3n) is 2.77. The minimum Gasteiger partial charge on any atom is -0.481 e. The first-order valence-corrected chi connectivity index (χ1v) is 6.76. The lowest BCUT2D eigenvalue weighted by molar-refractivity contribution is -0.138. The van der Waals surface area contributed by atoms with Crippen LogP contribution in [0.5, 0.6) is 0 Å². The lowest BCUT2D eigenvalue weighted by atomic mass is 9.98. The summed E-state index contributed by atoms with van der Waals surface area (Å²) in [7, 11) is 0. The van der Waals surface area contributed by atoms with E-state index in [4.69, 9.17) is 10.2 Å². The molecule has 0 fully saturated rings. The SMILES string of the molecule is CC(=O)NC(CC(=O)O)CC(O)CC(CC(=O)O)NC(C)=O. The van der Waals surface area contributed by atoms with Gasteiger partial charge in [-0.1, -0.05) is 0 Å². The summed E-state index contributed by atoms with van der Waals surface area (Å²) in [5.74, 6) is -3.12. The summed E-state index contributed by atoms with van der Waals surface area (Å²) in [6, 6.07) is -1.54. The Morgan fingerprint density at radius 1 is 0.818 bits per heavy atom. The first-order chi connectivity index (χ1) is 10.1. The topological polar surface area (TPSA) is 153 Å². The van der Waals surface area contributed by atoms with E-state index >= 15 is 0 Å². The fourth-order valence-electron chi connectivity index (χ4n) is 2.14. The second kappa shape index (κ2) is 9.72. The van der Waals surface area contributed by atoms with Crippen molar-refractivity contribution in [3.63, 3.8) is 0 Å². The number of hydrogen-bond donors (Lipinski definition) is 5. The Kier molecular flexibility index (Phi) is 8.76. The van der Waals surface area contributed by atoms with Crippen LogP contribution in [0.2, 0.25) is 0 Å². The molecule has 2 atom stereocenters. The third kappa shape index (κ3) is 10.6. The molecule has 0 bridgehead atoms. The van der Waals surface area contributed by atoms with Gasteiger partial charge in [-0.3, -0.25) is 19.2 Å². The Bertz CT molecular complexity index is 355. The molecule has 5 N–H and O–H groups in total. The average molecular weight is 318 g/mol. The number of amides is 2. The van der Waals surface area contributed by atoms with E-state index in [1.807, 2.05) is 0 Å². The highest BCUT2D eigenvalue weighted by Crippen LogP contribution is 2.11. The van der Waals surface area contributed by atoms with E-state index in [0.29, 0.717) is 0 Å². The molecule has 2 amide bonds. The molecule has 0 radical (unpaired) electrons. The number of hydrogen-bond acceptors (Lipinski definition) is 5. The molecule has 0 aliphatic rings. The van der Waals surface area contributed by atoms with Gasteiger partial charge in [-0.05, 0) is 12.8 Å². The van der Waals surface area contributed by atoms with Crippen LogP contribution in [0.25, 0.3) is 0 Å². The van der Waals surface area contributed by atoms with Gasteiger partial charge in [-0.15, -0.1) is 0 Å². The van der Waals surface area contributed by atoms with E-state index in [-0.39, 0.29) is 25.7 Å². The van der Waals surface area contributed by atoms with Gasteiger partial charge in [0.1, 0.15) is 0 Å². The Labute approximate surface area is 127 Å². The fourth-order valence-corrected chi connectivity index (χ4v) is 2.14. The zero-order valence-corrected chi connectivity index (χ0v) is 12.5. The van der Waals surface area contributed by atoms with Crippen LogP contribution >= 0.6 is 0 Å². The van der Waals surface area contributed by atoms with Crippen LogP contribution in [0.15, 0.2) is 0 Å². The van der Waals surface area contributed by atoms with Crippen molar-refractivity contribution in [3.05, 3.63) is 0 Å². The normalized spacial score (nSPS) is 14.5. The summed E-state index contributed by atoms with van der Waals surface area (Å²) in [6.45, 7) is 2.46. The molecule has 22 heavy (non-hydrogen) atoms. The van der Waals surface area contributed by atoms with Crippen molar-refractivity contribution in [2.75, 3.05) is 0 Å². The zero-order chi connectivity index (χ0) is 17.3. The van der Waals surface area contributed by atoms with E-state index in [9.17, 15) is 24.3 Å². The summed E-state index contributed by atoms with van der Waals surface area (Å²) in [5, 5.41) is 32.3. The van der Waals surface area contributed by atoms with Crippen molar-refractivity contribution < 1.29 is 34.5 Å². The second-order valence-electron chi connectivity index (χ2n) is 5.12. The number of aliphatic hydroxyl groups excluding tert-OH is 1. The van der Waals surface area contributed by atoms with Crippen molar-refractivity contribution in [3.8, 4) is 0 Å². The predicted molar refractivity (Wildman–Crippen MR) is 75.0 cm³/mol. The highest BCUT2D eigenvalue weighted by molar-refractivity contribution is 5.75. The van der Waals surface area contributed by atoms with Crippen LogP contribution in [-0.2, 0) is 19.2 Å². The molecule has 0 aromatic carbocycles. The third-order valence-corrected chi connectivity index (χ3v) is 2.77. The molecular weight excluding hydrogens is 296 g/mol. The van der Waals surface area contributed by atoms with Crippen LogP contribution in [0.4, 0.5) is 0 Å². The molecule has 2 unspecified atom stereocenters. The predicted octanol–water partition coefficient (Wildman–Crippen LogP) is -0.914. The number of nitrogens with one attached hydrogen (secondary N) is 2. The minimum absolute atomic E-state index is 0.0540. The van der Waals surface area contributed by atoms with E-state index in [2.05, 4.69) is 10.6 Å². The molecule has 9 nitrogen and oxygen atoms in total. The molecule has 0 aromatic rings. The molecule has 0 saturated carbocycles. The van der Waals surface area contributed by atoms with Crippen LogP contribution in [-0.4, -0.2) is 57.3 Å². The summed E-state index contributed by atoms with van der Waals surface area (Å²) in [4.78, 5) is 43.5. The molecule has 0 saturated heterocycles. The Balaban J connectivity index is 4.63. The molecule has 126 valence electrons. The molecular formula is C13H22N2O7. The molecule has 0 spiro atoms. The van der Waals surface area contributed by atoms with Gasteiger partial charge in [0, 0.05) is 25.9 Å². The summed E-state index contributed by atoms with van der Waals surface area (Å²) < 4.78 is 0. The van der Waals surface area contributed by atoms with Gasteiger partial charge in [-0.25, -0.2) is 0 Å². The van der Waals surface area contributed by atoms with Crippen molar-refractivity contribution in [1.82, 2.24) is 10.6 Å². The maximum atomic E-state index is 11.0. The summed E-state index contributed by atoms with van der Waals surface area (Å²) >= 11 is 0. The maximum absolute atomic E-state index is 11.0. The average Bonchev–Trinajstić information content (AvgIpc) is 2.23. The number of aliphatic hydroxyl groups is 1. The molecule has 0 rings (SSSR count). The molecule has 0 aromatic heterocycles. The van der Waals surface area contributed by atoms with Crippen molar-refractivity contribution in [2.24, 2.45) is 0 Å². The van der Waals surface area contributed by atoms with E-state index in [1.54, 1.807) is 0 Å². The standard InChI is InChI=1S/C13H22N2O7/c1-7(16)14-9(5-12(19)20)3-11(18)4-10(6-13(21)22)15-8(2)17/h9-11,18H,3-6H2,1-2H3,(H,14,16)(H,15,17)(H,19,20)(H,21,22). The Morgan fingerprint density at radius 2 is 1.14 bits per heavy atom. The van der Waals surface area contributed by atoms with E-state index in [1.165, 1.54) is 13.8 Å². The number of rotatable bonds is 10. The number of carbonyl (C=O) groups excluding carboxylic acids is 2. The van der Waals surface area contributed by atoms with Gasteiger partial charge >= 0.3 is 11.9 Å². The zero-order valence-electron chi connectivity index (χ0n) is 12.5. The van der Waals surface area contributed by atoms with Gasteiger partial charge in [0.15, 0.2) is 0 Å². The largest absolute Gasteiger partial charge is 0.481 e. The molecule has 0 heterocycles. The summed E-state index contributed by atoms with van der Waals surface area (Å²) in [6.07, 6.45) is -1.89.